The van der Waals surface area contributed by atoms with Gasteiger partial charge in [-0.2, -0.15) is 5.10 Å². The highest BCUT2D eigenvalue weighted by molar-refractivity contribution is 6.31. The first kappa shape index (κ1) is 21.5. The van der Waals surface area contributed by atoms with Crippen LogP contribution in [0.15, 0.2) is 54.7 Å². The van der Waals surface area contributed by atoms with Gasteiger partial charge in [0.15, 0.2) is 0 Å². The lowest BCUT2D eigenvalue weighted by Gasteiger charge is -2.47. The number of benzene rings is 2. The van der Waals surface area contributed by atoms with Crippen molar-refractivity contribution in [2.75, 3.05) is 0 Å². The number of fused-ring (bicyclic) bond motifs is 1. The summed E-state index contributed by atoms with van der Waals surface area (Å²) in [7, 11) is 0. The summed E-state index contributed by atoms with van der Waals surface area (Å²) in [5, 5.41) is 11.8. The van der Waals surface area contributed by atoms with Crippen LogP contribution in [0.4, 0.5) is 0 Å². The van der Waals surface area contributed by atoms with Crippen molar-refractivity contribution in [1.29, 1.82) is 0 Å². The van der Waals surface area contributed by atoms with E-state index in [1.807, 2.05) is 24.3 Å². The Morgan fingerprint density at radius 2 is 1.91 bits per heavy atom. The lowest BCUT2D eigenvalue weighted by molar-refractivity contribution is -0.131. The van der Waals surface area contributed by atoms with Crippen molar-refractivity contribution in [3.05, 3.63) is 75.9 Å². The summed E-state index contributed by atoms with van der Waals surface area (Å²) in [6, 6.07) is 16.5. The fourth-order valence-electron chi connectivity index (χ4n) is 6.31. The molecule has 1 saturated carbocycles. The first-order valence-electron chi connectivity index (χ1n) is 11.3. The Hall–Kier alpha value is -2.30. The second-order valence-electron chi connectivity index (χ2n) is 9.23. The number of carbonyl (C=O) groups is 1. The summed E-state index contributed by atoms with van der Waals surface area (Å²) < 4.78 is 0. The molecule has 2 N–H and O–H groups in total. The smallest absolute Gasteiger partial charge is 0.226 e. The molecule has 6 heteroatoms. The average molecular weight is 468 g/mol. The molecule has 0 radical (unpaired) electrons. The van der Waals surface area contributed by atoms with Crippen molar-refractivity contribution in [2.45, 2.75) is 51.0 Å². The maximum atomic E-state index is 13.1. The molecule has 0 unspecified atom stereocenters. The van der Waals surface area contributed by atoms with Gasteiger partial charge >= 0.3 is 0 Å². The zero-order chi connectivity index (χ0) is 22.5. The first-order valence-corrected chi connectivity index (χ1v) is 12.1. The summed E-state index contributed by atoms with van der Waals surface area (Å²) in [6.45, 7) is 4.30. The maximum Gasteiger partial charge on any atom is 0.226 e. The van der Waals surface area contributed by atoms with Crippen molar-refractivity contribution >= 4 is 29.1 Å². The van der Waals surface area contributed by atoms with Gasteiger partial charge in [0.1, 0.15) is 0 Å². The fraction of sp³-hybridized carbons (Fsp3) is 0.385. The Bertz CT molecular complexity index is 1130. The number of hydrogen-bond donors (Lipinski definition) is 2. The quantitative estimate of drug-likeness (QED) is 0.455. The zero-order valence-corrected chi connectivity index (χ0v) is 19.8. The third-order valence-corrected chi connectivity index (χ3v) is 8.39. The number of aromatic nitrogens is 2. The molecule has 1 amide bonds. The lowest BCUT2D eigenvalue weighted by Crippen LogP contribution is -2.43. The molecular formula is C26H27Cl2N3O. The highest BCUT2D eigenvalue weighted by Gasteiger charge is 2.59. The summed E-state index contributed by atoms with van der Waals surface area (Å²) >= 11 is 13.1. The molecule has 1 aromatic heterocycles. The molecule has 0 bridgehead atoms. The third-order valence-electron chi connectivity index (χ3n) is 7.81. The number of carbonyl (C=O) groups excluding carboxylic acids is 1. The van der Waals surface area contributed by atoms with E-state index < -0.39 is 0 Å². The molecule has 1 aliphatic heterocycles. The normalized spacial score (nSPS) is 29.6. The van der Waals surface area contributed by atoms with Gasteiger partial charge in [-0.25, -0.2) is 0 Å². The number of amides is 1. The van der Waals surface area contributed by atoms with E-state index in [1.165, 1.54) is 5.56 Å². The summed E-state index contributed by atoms with van der Waals surface area (Å²) in [5.74, 6) is 0.795. The van der Waals surface area contributed by atoms with E-state index in [-0.39, 0.29) is 35.1 Å². The van der Waals surface area contributed by atoms with Gasteiger partial charge in [-0.05, 0) is 73.4 Å². The van der Waals surface area contributed by atoms with Crippen molar-refractivity contribution in [3.8, 4) is 11.3 Å². The van der Waals surface area contributed by atoms with Gasteiger partial charge in [0, 0.05) is 33.8 Å². The topological polar surface area (TPSA) is 57.8 Å². The minimum atomic E-state index is -0.331. The largest absolute Gasteiger partial charge is 0.353 e. The molecule has 2 fully saturated rings. The molecule has 3 aromatic rings. The van der Waals surface area contributed by atoms with Crippen molar-refractivity contribution in [1.82, 2.24) is 15.5 Å². The van der Waals surface area contributed by atoms with Gasteiger partial charge in [-0.3, -0.25) is 9.89 Å². The highest BCUT2D eigenvalue weighted by atomic mass is 35.5. The minimum absolute atomic E-state index is 0.106. The molecule has 1 aliphatic carbocycles. The predicted octanol–water partition coefficient (Wildman–Crippen LogP) is 6.58. The fourth-order valence-corrected chi connectivity index (χ4v) is 6.75. The van der Waals surface area contributed by atoms with E-state index >= 15 is 0 Å². The third kappa shape index (κ3) is 3.36. The molecule has 2 heterocycles. The van der Waals surface area contributed by atoms with E-state index in [0.717, 1.165) is 46.1 Å². The lowest BCUT2D eigenvalue weighted by atomic mass is 9.54. The van der Waals surface area contributed by atoms with E-state index in [4.69, 9.17) is 23.2 Å². The van der Waals surface area contributed by atoms with Crippen LogP contribution < -0.4 is 5.32 Å². The number of halogens is 2. The molecule has 32 heavy (non-hydrogen) atoms. The van der Waals surface area contributed by atoms with Crippen LogP contribution in [0.5, 0.6) is 0 Å². The summed E-state index contributed by atoms with van der Waals surface area (Å²) in [6.07, 6.45) is 4.38. The Kier molecular flexibility index (Phi) is 5.55. The predicted molar refractivity (Wildman–Crippen MR) is 129 cm³/mol. The molecule has 0 spiro atoms. The minimum Gasteiger partial charge on any atom is -0.353 e. The Labute approximate surface area is 198 Å². The van der Waals surface area contributed by atoms with Crippen LogP contribution in [0.3, 0.4) is 0 Å². The molecular weight excluding hydrogens is 441 g/mol. The zero-order valence-electron chi connectivity index (χ0n) is 18.2. The average Bonchev–Trinajstić information content (AvgIpc) is 3.41. The second-order valence-corrected chi connectivity index (χ2v) is 10.1. The standard InChI is InChI=1S/C26H27Cl2N3O/c1-3-26-12-10-20(19-9-6-17(14-21(19)28)22-11-13-29-31-22)23(16-4-7-18(27)8-5-16)24(26)15(2)30-25(26)32/h4-9,11,13-15,20,23-24H,3,10,12H2,1-2H3,(H,29,31)(H,30,32)/t15-,20+,23+,24+,26-/m1/s1. The van der Waals surface area contributed by atoms with Crippen molar-refractivity contribution in [2.24, 2.45) is 11.3 Å². The van der Waals surface area contributed by atoms with Gasteiger partial charge in [-0.1, -0.05) is 54.4 Å². The molecule has 5 rings (SSSR count). The number of H-pyrrole nitrogens is 1. The van der Waals surface area contributed by atoms with Gasteiger partial charge < -0.3 is 5.32 Å². The van der Waals surface area contributed by atoms with Gasteiger partial charge in [0.25, 0.3) is 0 Å². The molecule has 5 atom stereocenters. The van der Waals surface area contributed by atoms with Crippen LogP contribution in [0.1, 0.15) is 56.1 Å². The van der Waals surface area contributed by atoms with Crippen LogP contribution in [-0.2, 0) is 4.79 Å². The van der Waals surface area contributed by atoms with Gasteiger partial charge in [-0.15, -0.1) is 0 Å². The number of hydrogen-bond acceptors (Lipinski definition) is 2. The number of aromatic amines is 1. The van der Waals surface area contributed by atoms with Gasteiger partial charge in [0.2, 0.25) is 5.91 Å². The Morgan fingerprint density at radius 3 is 2.56 bits per heavy atom. The Balaban J connectivity index is 1.61. The molecule has 166 valence electrons. The summed E-state index contributed by atoms with van der Waals surface area (Å²) in [4.78, 5) is 13.1. The number of nitrogens with zero attached hydrogens (tertiary/aromatic N) is 1. The van der Waals surface area contributed by atoms with E-state index in [2.05, 4.69) is 53.6 Å². The SMILES string of the molecule is CC[C@@]12CC[C@@H](c3ccc(-c4ccn[nH]4)cc3Cl)[C@H](c3ccc(Cl)cc3)[C@@H]1[C@@H](C)NC2=O. The second kappa shape index (κ2) is 8.24. The van der Waals surface area contributed by atoms with Crippen LogP contribution in [0.25, 0.3) is 11.3 Å². The molecule has 4 nitrogen and oxygen atoms in total. The first-order chi connectivity index (χ1) is 15.4. The van der Waals surface area contributed by atoms with Crippen LogP contribution in [0, 0.1) is 11.3 Å². The van der Waals surface area contributed by atoms with Crippen LogP contribution >= 0.6 is 23.2 Å². The van der Waals surface area contributed by atoms with Crippen molar-refractivity contribution < 1.29 is 4.79 Å². The van der Waals surface area contributed by atoms with Crippen LogP contribution in [0.2, 0.25) is 10.0 Å². The van der Waals surface area contributed by atoms with E-state index in [1.54, 1.807) is 6.20 Å². The maximum absolute atomic E-state index is 13.1. The molecule has 1 saturated heterocycles. The van der Waals surface area contributed by atoms with E-state index in [0.29, 0.717) is 0 Å². The Morgan fingerprint density at radius 1 is 1.12 bits per heavy atom. The highest BCUT2D eigenvalue weighted by Crippen LogP contribution is 2.60. The number of rotatable bonds is 4. The van der Waals surface area contributed by atoms with Crippen molar-refractivity contribution in [3.63, 3.8) is 0 Å². The molecule has 2 aromatic carbocycles. The molecule has 2 aliphatic rings. The summed E-state index contributed by atoms with van der Waals surface area (Å²) in [5.41, 5.74) is 4.00. The monoisotopic (exact) mass is 467 g/mol. The van der Waals surface area contributed by atoms with Gasteiger partial charge in [0.05, 0.1) is 11.1 Å². The van der Waals surface area contributed by atoms with E-state index in [9.17, 15) is 4.79 Å². The number of nitrogens with one attached hydrogen (secondary N) is 2. The van der Waals surface area contributed by atoms with Crippen LogP contribution in [-0.4, -0.2) is 22.1 Å².